The lowest BCUT2D eigenvalue weighted by molar-refractivity contribution is -0.720. The molecule has 0 aromatic carbocycles. The summed E-state index contributed by atoms with van der Waals surface area (Å²) in [6.07, 6.45) is 0.696. The highest BCUT2D eigenvalue weighted by Crippen LogP contribution is 2.18. The minimum Gasteiger partial charge on any atom is -0.569 e. The highest BCUT2D eigenvalue weighted by Gasteiger charge is 2.32. The molecule has 2 aliphatic rings. The largest absolute Gasteiger partial charge is 0.569 e. The van der Waals surface area contributed by atoms with Crippen LogP contribution in [0.25, 0.3) is 0 Å². The van der Waals surface area contributed by atoms with E-state index in [9.17, 15) is 10.0 Å². The zero-order valence-corrected chi connectivity index (χ0v) is 12.8. The molecule has 1 atom stereocenters. The zero-order chi connectivity index (χ0) is 15.6. The average molecular weight is 299 g/mol. The third-order valence-corrected chi connectivity index (χ3v) is 3.56. The fourth-order valence-corrected chi connectivity index (χ4v) is 1.93. The molecule has 0 radical (unpaired) electrons. The molecule has 0 amide bonds. The molecule has 2 rings (SSSR count). The predicted octanol–water partition coefficient (Wildman–Crippen LogP) is 0.860. The Morgan fingerprint density at radius 1 is 1.57 bits per heavy atom. The molecular formula is C12H21N5O4. The molecule has 1 saturated heterocycles. The Morgan fingerprint density at radius 2 is 2.29 bits per heavy atom. The lowest BCUT2D eigenvalue weighted by Gasteiger charge is -2.26. The molecule has 2 aliphatic heterocycles. The number of nitrogens with zero attached hydrogens (tertiary/aromatic N) is 5. The molecule has 0 aliphatic carbocycles. The summed E-state index contributed by atoms with van der Waals surface area (Å²) in [4.78, 5) is 23.2. The summed E-state index contributed by atoms with van der Waals surface area (Å²) in [5.74, 6) is 0.258. The maximum atomic E-state index is 11.8. The summed E-state index contributed by atoms with van der Waals surface area (Å²) in [5.41, 5.74) is -0.341. The summed E-state index contributed by atoms with van der Waals surface area (Å²) in [6, 6.07) is 0. The van der Waals surface area contributed by atoms with Crippen LogP contribution in [0.3, 0.4) is 0 Å². The van der Waals surface area contributed by atoms with Crippen LogP contribution in [0.15, 0.2) is 10.4 Å². The second kappa shape index (κ2) is 5.74. The number of rotatable bonds is 3. The van der Waals surface area contributed by atoms with Gasteiger partial charge in [0.15, 0.2) is 11.9 Å². The number of hydrogen-bond donors (Lipinski definition) is 0. The minimum absolute atomic E-state index is 0.185. The lowest BCUT2D eigenvalue weighted by atomic mass is 10.1. The van der Waals surface area contributed by atoms with Crippen molar-refractivity contribution < 1.29 is 19.4 Å². The number of oxime groups is 1. The normalized spacial score (nSPS) is 23.1. The van der Waals surface area contributed by atoms with Crippen molar-refractivity contribution in [2.75, 3.05) is 20.1 Å². The van der Waals surface area contributed by atoms with Crippen molar-refractivity contribution in [1.82, 2.24) is 9.91 Å². The molecule has 0 aromatic rings. The van der Waals surface area contributed by atoms with E-state index in [0.717, 1.165) is 0 Å². The highest BCUT2D eigenvalue weighted by atomic mass is 16.7. The van der Waals surface area contributed by atoms with Crippen molar-refractivity contribution in [3.05, 3.63) is 5.21 Å². The quantitative estimate of drug-likeness (QED) is 0.332. The van der Waals surface area contributed by atoms with E-state index in [4.69, 9.17) is 4.84 Å². The van der Waals surface area contributed by atoms with Crippen molar-refractivity contribution in [3.8, 4) is 0 Å². The van der Waals surface area contributed by atoms with Crippen LogP contribution in [-0.4, -0.2) is 58.5 Å². The molecule has 0 spiro atoms. The first kappa shape index (κ1) is 15.3. The molecular weight excluding hydrogens is 278 g/mol. The maximum Gasteiger partial charge on any atom is 0.342 e. The predicted molar refractivity (Wildman–Crippen MR) is 72.8 cm³/mol. The van der Waals surface area contributed by atoms with Crippen LogP contribution in [-0.2, 0) is 14.5 Å². The van der Waals surface area contributed by atoms with Crippen molar-refractivity contribution in [1.29, 1.82) is 0 Å². The molecule has 0 bridgehead atoms. The Bertz CT molecular complexity index is 471. The van der Waals surface area contributed by atoms with Gasteiger partial charge < -0.3 is 19.8 Å². The van der Waals surface area contributed by atoms with E-state index >= 15 is 0 Å². The Kier molecular flexibility index (Phi) is 4.19. The summed E-state index contributed by atoms with van der Waals surface area (Å²) in [5, 5.41) is 20.5. The number of hydrogen-bond acceptors (Lipinski definition) is 7. The van der Waals surface area contributed by atoms with Crippen molar-refractivity contribution in [2.24, 2.45) is 10.4 Å². The second-order valence-corrected chi connectivity index (χ2v) is 6.14. The summed E-state index contributed by atoms with van der Waals surface area (Å²) in [7, 11) is 1.65. The van der Waals surface area contributed by atoms with Gasteiger partial charge in [0.2, 0.25) is 5.28 Å². The number of likely N-dealkylation sites (tertiary alicyclic amines) is 1. The van der Waals surface area contributed by atoms with Crippen molar-refractivity contribution >= 4 is 11.8 Å². The van der Waals surface area contributed by atoms with Crippen molar-refractivity contribution in [3.63, 3.8) is 0 Å². The smallest absolute Gasteiger partial charge is 0.342 e. The van der Waals surface area contributed by atoms with Crippen molar-refractivity contribution in [2.45, 2.75) is 45.3 Å². The van der Waals surface area contributed by atoms with Gasteiger partial charge in [-0.05, 0) is 20.8 Å². The van der Waals surface area contributed by atoms with Gasteiger partial charge in [0.1, 0.15) is 6.42 Å². The van der Waals surface area contributed by atoms with Gasteiger partial charge in [-0.3, -0.25) is 0 Å². The maximum absolute atomic E-state index is 11.8. The van der Waals surface area contributed by atoms with E-state index < -0.39 is 0 Å². The first-order valence-corrected chi connectivity index (χ1v) is 6.87. The highest BCUT2D eigenvalue weighted by molar-refractivity contribution is 6.00. The van der Waals surface area contributed by atoms with Crippen LogP contribution in [0.4, 0.5) is 0 Å². The Hall–Kier alpha value is -2.06. The third kappa shape index (κ3) is 3.73. The van der Waals surface area contributed by atoms with E-state index in [-0.39, 0.29) is 24.0 Å². The van der Waals surface area contributed by atoms with E-state index in [2.05, 4.69) is 15.3 Å². The van der Waals surface area contributed by atoms with Crippen LogP contribution in [0.5, 0.6) is 0 Å². The number of hydrazine groups is 1. The topological polar surface area (TPSA) is 92.8 Å². The summed E-state index contributed by atoms with van der Waals surface area (Å²) >= 11 is 0. The van der Waals surface area contributed by atoms with Gasteiger partial charge in [-0.25, -0.2) is 4.79 Å². The van der Waals surface area contributed by atoms with Gasteiger partial charge >= 0.3 is 5.97 Å². The lowest BCUT2D eigenvalue weighted by Crippen LogP contribution is -2.42. The molecule has 0 N–H and O–H groups in total. The standard InChI is InChI=1S/C12H21N5O4/c1-12(2,3)15(4)17(19)14-20-9-5-6-16(8-9)10-7-11(18)21-13-10/h9H,5-8H2,1-4H3/b17-14-/t9-/m1/s1. The molecule has 118 valence electrons. The van der Waals surface area contributed by atoms with Gasteiger partial charge in [-0.15, -0.1) is 5.01 Å². The Balaban J connectivity index is 1.84. The number of carbonyl (C=O) groups excluding carboxylic acids is 1. The van der Waals surface area contributed by atoms with Gasteiger partial charge in [-0.1, -0.05) is 5.16 Å². The van der Waals surface area contributed by atoms with E-state index in [1.54, 1.807) is 7.05 Å². The molecule has 1 fully saturated rings. The third-order valence-electron chi connectivity index (χ3n) is 3.56. The Morgan fingerprint density at radius 3 is 2.86 bits per heavy atom. The molecule has 2 heterocycles. The fraction of sp³-hybridized carbons (Fsp3) is 0.833. The SMILES string of the molecule is CN(/[N+]([O-])=N/O[C@@H]1CCN(C2=NOC(=O)C2)C1)C(C)(C)C. The average Bonchev–Trinajstić information content (AvgIpc) is 3.02. The van der Waals surface area contributed by atoms with Crippen LogP contribution in [0.1, 0.15) is 33.6 Å². The van der Waals surface area contributed by atoms with Crippen LogP contribution in [0, 0.1) is 5.21 Å². The molecule has 21 heavy (non-hydrogen) atoms. The van der Waals surface area contributed by atoms with Crippen LogP contribution < -0.4 is 0 Å². The number of carbonyl (C=O) groups is 1. The van der Waals surface area contributed by atoms with Gasteiger partial charge in [-0.2, -0.15) is 0 Å². The van der Waals surface area contributed by atoms with Crippen LogP contribution in [0.2, 0.25) is 0 Å². The Labute approximate surface area is 123 Å². The monoisotopic (exact) mass is 299 g/mol. The molecule has 9 nitrogen and oxygen atoms in total. The molecule has 0 saturated carbocycles. The molecule has 9 heteroatoms. The summed E-state index contributed by atoms with van der Waals surface area (Å²) < 4.78 is 0. The van der Waals surface area contributed by atoms with Gasteiger partial charge in [0.05, 0.1) is 24.1 Å². The zero-order valence-electron chi connectivity index (χ0n) is 12.8. The summed E-state index contributed by atoms with van der Waals surface area (Å²) in [6.45, 7) is 6.94. The van der Waals surface area contributed by atoms with E-state index in [0.29, 0.717) is 30.3 Å². The van der Waals surface area contributed by atoms with Crippen LogP contribution >= 0.6 is 0 Å². The first-order valence-electron chi connectivity index (χ1n) is 6.87. The van der Waals surface area contributed by atoms with E-state index in [1.165, 1.54) is 5.01 Å². The van der Waals surface area contributed by atoms with Gasteiger partial charge in [0.25, 0.3) is 0 Å². The minimum atomic E-state index is -0.350. The second-order valence-electron chi connectivity index (χ2n) is 6.14. The van der Waals surface area contributed by atoms with E-state index in [1.807, 2.05) is 25.7 Å². The number of amidine groups is 1. The molecule has 0 aromatic heterocycles. The van der Waals surface area contributed by atoms with Gasteiger partial charge in [0, 0.05) is 13.0 Å². The fourth-order valence-electron chi connectivity index (χ4n) is 1.93. The first-order chi connectivity index (χ1) is 9.77. The molecule has 0 unspecified atom stereocenters.